The molecule has 8 heteroatoms. The summed E-state index contributed by atoms with van der Waals surface area (Å²) in [5.74, 6) is -0.188. The number of amides is 1. The number of carbonyl (C=O) groups excluding carboxylic acids is 1. The Balaban J connectivity index is 1.69. The van der Waals surface area contributed by atoms with E-state index in [0.29, 0.717) is 31.9 Å². The van der Waals surface area contributed by atoms with Gasteiger partial charge >= 0.3 is 0 Å². The minimum Gasteiger partial charge on any atom is -0.326 e. The summed E-state index contributed by atoms with van der Waals surface area (Å²) in [5, 5.41) is 2.79. The van der Waals surface area contributed by atoms with E-state index in [1.165, 1.54) is 10.4 Å². The third kappa shape index (κ3) is 5.16. The molecule has 0 atom stereocenters. The zero-order chi connectivity index (χ0) is 19.4. The normalized spacial score (nSPS) is 16.2. The highest BCUT2D eigenvalue weighted by molar-refractivity contribution is 9.10. The number of rotatable bonds is 5. The van der Waals surface area contributed by atoms with Crippen molar-refractivity contribution in [3.63, 3.8) is 0 Å². The third-order valence-corrected chi connectivity index (χ3v) is 6.92. The van der Waals surface area contributed by atoms with E-state index in [-0.39, 0.29) is 17.2 Å². The van der Waals surface area contributed by atoms with Crippen molar-refractivity contribution in [3.8, 4) is 0 Å². The summed E-state index contributed by atoms with van der Waals surface area (Å²) in [6.07, 6.45) is 0.225. The lowest BCUT2D eigenvalue weighted by Crippen LogP contribution is -2.47. The summed E-state index contributed by atoms with van der Waals surface area (Å²) in [5.41, 5.74) is 1.37. The molecular formula is C19H22BrN3O3S. The van der Waals surface area contributed by atoms with Crippen molar-refractivity contribution < 1.29 is 13.2 Å². The minimum absolute atomic E-state index is 0.188. The summed E-state index contributed by atoms with van der Waals surface area (Å²) in [7, 11) is -1.58. The topological polar surface area (TPSA) is 69.7 Å². The number of hydrogen-bond acceptors (Lipinski definition) is 4. The molecule has 1 aliphatic rings. The van der Waals surface area contributed by atoms with Gasteiger partial charge in [0.15, 0.2) is 0 Å². The molecule has 1 amide bonds. The molecule has 1 aliphatic heterocycles. The van der Waals surface area contributed by atoms with E-state index < -0.39 is 10.0 Å². The first kappa shape index (κ1) is 20.0. The Hall–Kier alpha value is -1.74. The van der Waals surface area contributed by atoms with Gasteiger partial charge in [0.05, 0.1) is 11.3 Å². The highest BCUT2D eigenvalue weighted by Gasteiger charge is 2.27. The molecule has 2 aromatic carbocycles. The largest absolute Gasteiger partial charge is 0.326 e. The Kier molecular flexibility index (Phi) is 6.31. The molecule has 0 saturated carbocycles. The van der Waals surface area contributed by atoms with Gasteiger partial charge in [-0.05, 0) is 42.9 Å². The second-order valence-corrected chi connectivity index (χ2v) is 9.44. The lowest BCUT2D eigenvalue weighted by atomic mass is 10.1. The number of halogens is 1. The SMILES string of the molecule is CN1CCN(S(=O)(=O)c2cccc(NC(=O)Cc3ccc(Br)cc3)c2)CC1. The van der Waals surface area contributed by atoms with Crippen molar-refractivity contribution in [1.29, 1.82) is 0 Å². The molecule has 1 N–H and O–H groups in total. The molecule has 3 rings (SSSR count). The van der Waals surface area contributed by atoms with Crippen LogP contribution in [-0.2, 0) is 21.2 Å². The summed E-state index contributed by atoms with van der Waals surface area (Å²) in [6, 6.07) is 13.9. The van der Waals surface area contributed by atoms with Crippen LogP contribution in [0.15, 0.2) is 57.9 Å². The minimum atomic E-state index is -3.56. The predicted molar refractivity (Wildman–Crippen MR) is 109 cm³/mol. The molecule has 0 aromatic heterocycles. The van der Waals surface area contributed by atoms with E-state index in [0.717, 1.165) is 10.0 Å². The molecule has 27 heavy (non-hydrogen) atoms. The van der Waals surface area contributed by atoms with Gasteiger partial charge < -0.3 is 10.2 Å². The van der Waals surface area contributed by atoms with Gasteiger partial charge in [-0.1, -0.05) is 34.1 Å². The van der Waals surface area contributed by atoms with Crippen LogP contribution in [0.4, 0.5) is 5.69 Å². The van der Waals surface area contributed by atoms with E-state index >= 15 is 0 Å². The van der Waals surface area contributed by atoms with Crippen molar-refractivity contribution in [2.24, 2.45) is 0 Å². The summed E-state index contributed by atoms with van der Waals surface area (Å²) < 4.78 is 28.1. The van der Waals surface area contributed by atoms with Gasteiger partial charge in [0.25, 0.3) is 0 Å². The van der Waals surface area contributed by atoms with E-state index in [1.807, 2.05) is 31.3 Å². The van der Waals surface area contributed by atoms with Gasteiger partial charge in [0.1, 0.15) is 0 Å². The van der Waals surface area contributed by atoms with Gasteiger partial charge in [0.2, 0.25) is 15.9 Å². The lowest BCUT2D eigenvalue weighted by molar-refractivity contribution is -0.115. The van der Waals surface area contributed by atoms with Crippen LogP contribution in [0, 0.1) is 0 Å². The van der Waals surface area contributed by atoms with Crippen molar-refractivity contribution in [2.45, 2.75) is 11.3 Å². The Labute approximate surface area is 168 Å². The van der Waals surface area contributed by atoms with Crippen LogP contribution < -0.4 is 5.32 Å². The fraction of sp³-hybridized carbons (Fsp3) is 0.316. The Bertz CT molecular complexity index is 908. The van der Waals surface area contributed by atoms with Gasteiger partial charge in [-0.15, -0.1) is 0 Å². The molecular weight excluding hydrogens is 430 g/mol. The lowest BCUT2D eigenvalue weighted by Gasteiger charge is -2.31. The third-order valence-electron chi connectivity index (χ3n) is 4.50. The van der Waals surface area contributed by atoms with Crippen molar-refractivity contribution >= 4 is 37.5 Å². The first-order valence-electron chi connectivity index (χ1n) is 8.68. The predicted octanol–water partition coefficient (Wildman–Crippen LogP) is 2.57. The average Bonchev–Trinajstić information content (AvgIpc) is 2.64. The number of piperazine rings is 1. The van der Waals surface area contributed by atoms with Crippen LogP contribution >= 0.6 is 15.9 Å². The number of likely N-dealkylation sites (N-methyl/N-ethyl adjacent to an activating group) is 1. The van der Waals surface area contributed by atoms with Crippen molar-refractivity contribution in [1.82, 2.24) is 9.21 Å². The van der Waals surface area contributed by atoms with E-state index in [4.69, 9.17) is 0 Å². The Morgan fingerprint density at radius 3 is 2.41 bits per heavy atom. The Morgan fingerprint density at radius 1 is 1.07 bits per heavy atom. The molecule has 1 saturated heterocycles. The number of sulfonamides is 1. The molecule has 0 bridgehead atoms. The number of anilines is 1. The number of nitrogens with one attached hydrogen (secondary N) is 1. The van der Waals surface area contributed by atoms with Crippen LogP contribution in [-0.4, -0.2) is 56.8 Å². The van der Waals surface area contributed by atoms with Crippen LogP contribution in [0.25, 0.3) is 0 Å². The second-order valence-electron chi connectivity index (χ2n) is 6.59. The maximum absolute atomic E-state index is 12.8. The summed E-state index contributed by atoms with van der Waals surface area (Å²) in [6.45, 7) is 2.36. The number of benzene rings is 2. The number of nitrogens with zero attached hydrogens (tertiary/aromatic N) is 2. The quantitative estimate of drug-likeness (QED) is 0.758. The fourth-order valence-corrected chi connectivity index (χ4v) is 4.64. The molecule has 0 aliphatic carbocycles. The van der Waals surface area contributed by atoms with Crippen LogP contribution in [0.5, 0.6) is 0 Å². The number of carbonyl (C=O) groups is 1. The second kappa shape index (κ2) is 8.52. The van der Waals surface area contributed by atoms with Crippen LogP contribution in [0.3, 0.4) is 0 Å². The molecule has 144 valence electrons. The molecule has 1 heterocycles. The molecule has 0 unspecified atom stereocenters. The highest BCUT2D eigenvalue weighted by atomic mass is 79.9. The van der Waals surface area contributed by atoms with Gasteiger partial charge in [0, 0.05) is 36.3 Å². The monoisotopic (exact) mass is 451 g/mol. The molecule has 0 spiro atoms. The van der Waals surface area contributed by atoms with Gasteiger partial charge in [-0.2, -0.15) is 4.31 Å². The van der Waals surface area contributed by atoms with Crippen LogP contribution in [0.1, 0.15) is 5.56 Å². The first-order chi connectivity index (χ1) is 12.8. The first-order valence-corrected chi connectivity index (χ1v) is 10.9. The van der Waals surface area contributed by atoms with Crippen molar-refractivity contribution in [3.05, 3.63) is 58.6 Å². The zero-order valence-corrected chi connectivity index (χ0v) is 17.5. The summed E-state index contributed by atoms with van der Waals surface area (Å²) >= 11 is 3.36. The molecule has 0 radical (unpaired) electrons. The molecule has 6 nitrogen and oxygen atoms in total. The van der Waals surface area contributed by atoms with Gasteiger partial charge in [-0.25, -0.2) is 8.42 Å². The average molecular weight is 452 g/mol. The summed E-state index contributed by atoms with van der Waals surface area (Å²) in [4.78, 5) is 14.6. The van der Waals surface area contributed by atoms with Crippen molar-refractivity contribution in [2.75, 3.05) is 38.5 Å². The van der Waals surface area contributed by atoms with Crippen LogP contribution in [0.2, 0.25) is 0 Å². The maximum Gasteiger partial charge on any atom is 0.243 e. The Morgan fingerprint density at radius 2 is 1.74 bits per heavy atom. The number of hydrogen-bond donors (Lipinski definition) is 1. The zero-order valence-electron chi connectivity index (χ0n) is 15.1. The molecule has 1 fully saturated rings. The standard InChI is InChI=1S/C19H22BrN3O3S/c1-22-9-11-23(12-10-22)27(25,26)18-4-2-3-17(14-18)21-19(24)13-15-5-7-16(20)8-6-15/h2-8,14H,9-13H2,1H3,(H,21,24). The molecule has 2 aromatic rings. The maximum atomic E-state index is 12.8. The van der Waals surface area contributed by atoms with E-state index in [2.05, 4.69) is 26.1 Å². The fourth-order valence-electron chi connectivity index (χ4n) is 2.90. The smallest absolute Gasteiger partial charge is 0.243 e. The highest BCUT2D eigenvalue weighted by Crippen LogP contribution is 2.21. The van der Waals surface area contributed by atoms with E-state index in [9.17, 15) is 13.2 Å². The van der Waals surface area contributed by atoms with E-state index in [1.54, 1.807) is 18.2 Å². The van der Waals surface area contributed by atoms with Gasteiger partial charge in [-0.3, -0.25) is 4.79 Å².